The Morgan fingerprint density at radius 1 is 0.956 bits per heavy atom. The van der Waals surface area contributed by atoms with Gasteiger partial charge in [-0.3, -0.25) is 0 Å². The van der Waals surface area contributed by atoms with Crippen LogP contribution in [0.15, 0.2) is 71.3 Å². The SMILES string of the molecule is COc1ccc(CN(Cc2ccc(OC)cc2)c2ncccc2[C@@H](C)N2CCOc3c(F)c(Br)c(F)c4nc(Cl)nc2c34)cc1. The van der Waals surface area contributed by atoms with Gasteiger partial charge in [0.1, 0.15) is 35.3 Å². The van der Waals surface area contributed by atoms with Crippen LogP contribution in [0.4, 0.5) is 20.4 Å². The molecule has 1 aliphatic rings. The van der Waals surface area contributed by atoms with Gasteiger partial charge in [0, 0.05) is 24.8 Å². The Labute approximate surface area is 272 Å². The summed E-state index contributed by atoms with van der Waals surface area (Å²) in [6.07, 6.45) is 1.75. The highest BCUT2D eigenvalue weighted by atomic mass is 79.9. The zero-order valence-electron chi connectivity index (χ0n) is 24.7. The number of rotatable bonds is 9. The molecule has 1 aliphatic heterocycles. The molecule has 0 unspecified atom stereocenters. The Morgan fingerprint density at radius 3 is 2.18 bits per heavy atom. The third-order valence-electron chi connectivity index (χ3n) is 7.83. The van der Waals surface area contributed by atoms with E-state index in [2.05, 4.69) is 30.8 Å². The van der Waals surface area contributed by atoms with E-state index in [1.165, 1.54) is 0 Å². The number of hydrogen-bond acceptors (Lipinski definition) is 8. The van der Waals surface area contributed by atoms with Crippen molar-refractivity contribution in [3.8, 4) is 17.2 Å². The number of halogens is 4. The fourth-order valence-corrected chi connectivity index (χ4v) is 6.08. The monoisotopic (exact) mass is 695 g/mol. The van der Waals surface area contributed by atoms with E-state index in [1.807, 2.05) is 72.5 Å². The van der Waals surface area contributed by atoms with Crippen LogP contribution in [0.2, 0.25) is 5.28 Å². The molecule has 0 bridgehead atoms. The molecule has 0 N–H and O–H groups in total. The molecule has 0 saturated heterocycles. The minimum Gasteiger partial charge on any atom is -0.497 e. The Morgan fingerprint density at radius 2 is 1.58 bits per heavy atom. The predicted molar refractivity (Wildman–Crippen MR) is 174 cm³/mol. The number of pyridine rings is 1. The van der Waals surface area contributed by atoms with Gasteiger partial charge in [0.25, 0.3) is 0 Å². The van der Waals surface area contributed by atoms with E-state index in [9.17, 15) is 0 Å². The number of methoxy groups -OCH3 is 2. The van der Waals surface area contributed by atoms with Crippen molar-refractivity contribution in [3.63, 3.8) is 0 Å². The van der Waals surface area contributed by atoms with Crippen LogP contribution < -0.4 is 24.0 Å². The number of ether oxygens (including phenoxy) is 3. The molecule has 8 nitrogen and oxygen atoms in total. The lowest BCUT2D eigenvalue weighted by atomic mass is 10.0. The van der Waals surface area contributed by atoms with Gasteiger partial charge in [-0.1, -0.05) is 30.3 Å². The number of hydrogen-bond donors (Lipinski definition) is 0. The first kappa shape index (κ1) is 30.8. The second-order valence-electron chi connectivity index (χ2n) is 10.5. The molecule has 0 saturated carbocycles. The second-order valence-corrected chi connectivity index (χ2v) is 11.6. The smallest absolute Gasteiger partial charge is 0.225 e. The zero-order chi connectivity index (χ0) is 31.7. The molecule has 6 rings (SSSR count). The second kappa shape index (κ2) is 13.0. The van der Waals surface area contributed by atoms with Gasteiger partial charge in [0.15, 0.2) is 17.4 Å². The van der Waals surface area contributed by atoms with Crippen molar-refractivity contribution in [1.82, 2.24) is 15.0 Å². The van der Waals surface area contributed by atoms with Crippen molar-refractivity contribution >= 4 is 50.1 Å². The van der Waals surface area contributed by atoms with Crippen molar-refractivity contribution in [2.24, 2.45) is 0 Å². The third kappa shape index (κ3) is 6.06. The quantitative estimate of drug-likeness (QED) is 0.114. The van der Waals surface area contributed by atoms with Gasteiger partial charge >= 0.3 is 0 Å². The predicted octanol–water partition coefficient (Wildman–Crippen LogP) is 7.90. The Balaban J connectivity index is 1.44. The number of aromatic nitrogens is 3. The van der Waals surface area contributed by atoms with Crippen LogP contribution in [0.25, 0.3) is 10.9 Å². The van der Waals surface area contributed by atoms with E-state index in [0.29, 0.717) is 19.6 Å². The molecule has 1 atom stereocenters. The summed E-state index contributed by atoms with van der Waals surface area (Å²) >= 11 is 9.31. The first-order valence-electron chi connectivity index (χ1n) is 14.2. The van der Waals surface area contributed by atoms with Gasteiger partial charge in [0.05, 0.1) is 36.7 Å². The molecule has 0 amide bonds. The van der Waals surface area contributed by atoms with Crippen LogP contribution in [-0.2, 0) is 13.1 Å². The first-order valence-corrected chi connectivity index (χ1v) is 15.3. The summed E-state index contributed by atoms with van der Waals surface area (Å²) in [5.74, 6) is 0.716. The summed E-state index contributed by atoms with van der Waals surface area (Å²) in [6.45, 7) is 3.54. The molecule has 12 heteroatoms. The van der Waals surface area contributed by atoms with Gasteiger partial charge in [-0.25, -0.2) is 18.7 Å². The van der Waals surface area contributed by atoms with Crippen LogP contribution in [0.5, 0.6) is 17.2 Å². The van der Waals surface area contributed by atoms with Crippen LogP contribution in [0, 0.1) is 11.6 Å². The van der Waals surface area contributed by atoms with Gasteiger partial charge in [-0.15, -0.1) is 0 Å². The summed E-state index contributed by atoms with van der Waals surface area (Å²) < 4.78 is 46.7. The molecular weight excluding hydrogens is 668 g/mol. The highest BCUT2D eigenvalue weighted by molar-refractivity contribution is 9.10. The lowest BCUT2D eigenvalue weighted by Crippen LogP contribution is -2.33. The molecule has 3 aromatic carbocycles. The molecular formula is C33H29BrClF2N5O3. The summed E-state index contributed by atoms with van der Waals surface area (Å²) in [6, 6.07) is 19.3. The van der Waals surface area contributed by atoms with Crippen LogP contribution in [0.1, 0.15) is 29.7 Å². The molecule has 45 heavy (non-hydrogen) atoms. The lowest BCUT2D eigenvalue weighted by molar-refractivity contribution is 0.311. The maximum Gasteiger partial charge on any atom is 0.225 e. The van der Waals surface area contributed by atoms with Crippen molar-refractivity contribution in [2.45, 2.75) is 26.1 Å². The first-order chi connectivity index (χ1) is 21.8. The minimum absolute atomic E-state index is 0.119. The topological polar surface area (TPSA) is 72.8 Å². The van der Waals surface area contributed by atoms with E-state index in [4.69, 9.17) is 30.8 Å². The standard InChI is InChI=1S/C33H29BrClF2N5O3/c1-19(42-15-16-45-30-25-29(27(36)26(34)28(30)37)39-33(35)40-32(25)42)24-5-4-14-38-31(24)41(17-20-6-10-22(43-2)11-7-20)18-21-8-12-23(44-3)13-9-21/h4-14,19H,15-18H2,1-3H3/t19-/m1/s1. The average molecular weight is 697 g/mol. The molecule has 5 aromatic rings. The summed E-state index contributed by atoms with van der Waals surface area (Å²) in [5.41, 5.74) is 2.88. The Kier molecular flexibility index (Phi) is 8.91. The van der Waals surface area contributed by atoms with Gasteiger partial charge in [-0.2, -0.15) is 4.98 Å². The van der Waals surface area contributed by atoms with Gasteiger partial charge in [-0.05, 0) is 75.9 Å². The molecule has 0 aliphatic carbocycles. The van der Waals surface area contributed by atoms with Crippen LogP contribution >= 0.6 is 27.5 Å². The van der Waals surface area contributed by atoms with Crippen LogP contribution in [-0.4, -0.2) is 42.3 Å². The van der Waals surface area contributed by atoms with Crippen molar-refractivity contribution in [2.75, 3.05) is 37.2 Å². The van der Waals surface area contributed by atoms with Crippen molar-refractivity contribution in [3.05, 3.63) is 105 Å². The minimum atomic E-state index is -0.873. The van der Waals surface area contributed by atoms with E-state index in [1.54, 1.807) is 20.4 Å². The molecule has 232 valence electrons. The summed E-state index contributed by atoms with van der Waals surface area (Å²) in [7, 11) is 3.28. The largest absolute Gasteiger partial charge is 0.497 e. The van der Waals surface area contributed by atoms with E-state index in [-0.39, 0.29) is 44.9 Å². The van der Waals surface area contributed by atoms with E-state index >= 15 is 8.78 Å². The summed E-state index contributed by atoms with van der Waals surface area (Å²) in [5, 5.41) is -0.0345. The number of anilines is 2. The molecule has 0 fully saturated rings. The highest BCUT2D eigenvalue weighted by Crippen LogP contribution is 2.44. The third-order valence-corrected chi connectivity index (χ3v) is 8.70. The van der Waals surface area contributed by atoms with E-state index < -0.39 is 11.6 Å². The maximum absolute atomic E-state index is 15.3. The van der Waals surface area contributed by atoms with Crippen LogP contribution in [0.3, 0.4) is 0 Å². The number of benzene rings is 3. The molecule has 0 spiro atoms. The van der Waals surface area contributed by atoms with E-state index in [0.717, 1.165) is 34.0 Å². The number of nitrogens with zero attached hydrogens (tertiary/aromatic N) is 5. The fraction of sp³-hybridized carbons (Fsp3) is 0.242. The van der Waals surface area contributed by atoms with Crippen molar-refractivity contribution < 1.29 is 23.0 Å². The fourth-order valence-electron chi connectivity index (χ4n) is 5.55. The average Bonchev–Trinajstić information content (AvgIpc) is 3.26. The van der Waals surface area contributed by atoms with Gasteiger partial charge < -0.3 is 24.0 Å². The van der Waals surface area contributed by atoms with Crippen molar-refractivity contribution in [1.29, 1.82) is 0 Å². The lowest BCUT2D eigenvalue weighted by Gasteiger charge is -2.33. The Hall–Kier alpha value is -4.22. The normalized spacial score (nSPS) is 13.3. The molecule has 2 aromatic heterocycles. The zero-order valence-corrected chi connectivity index (χ0v) is 27.1. The molecule has 3 heterocycles. The molecule has 0 radical (unpaired) electrons. The summed E-state index contributed by atoms with van der Waals surface area (Å²) in [4.78, 5) is 17.5. The Bertz CT molecular complexity index is 1800. The maximum atomic E-state index is 15.3. The van der Waals surface area contributed by atoms with Gasteiger partial charge in [0.2, 0.25) is 5.28 Å². The highest BCUT2D eigenvalue weighted by Gasteiger charge is 2.32.